The zero-order chi connectivity index (χ0) is 5.82. The molecule has 0 N–H and O–H groups in total. The van der Waals surface area contributed by atoms with E-state index >= 15 is 0 Å². The Morgan fingerprint density at radius 1 is 1.75 bits per heavy atom. The predicted molar refractivity (Wildman–Crippen MR) is 27.8 cm³/mol. The zero-order valence-corrected chi connectivity index (χ0v) is 4.13. The summed E-state index contributed by atoms with van der Waals surface area (Å²) in [6, 6.07) is 6.20. The number of pyridine rings is 1. The van der Waals surface area contributed by atoms with Crippen molar-refractivity contribution in [3.8, 4) is 6.07 Å². The number of hydrogen-bond donors (Lipinski definition) is 0. The molecule has 8 heavy (non-hydrogen) atoms. The Kier molecular flexibility index (Phi) is 1.25. The highest BCUT2D eigenvalue weighted by Crippen LogP contribution is 1.88. The van der Waals surface area contributed by atoms with E-state index in [9.17, 15) is 0 Å². The van der Waals surface area contributed by atoms with Crippen LogP contribution in [0.3, 0.4) is 0 Å². The van der Waals surface area contributed by atoms with Crippen molar-refractivity contribution in [3.05, 3.63) is 30.1 Å². The molecule has 0 saturated heterocycles. The van der Waals surface area contributed by atoms with Crippen molar-refractivity contribution in [2.45, 2.75) is 0 Å². The molecule has 0 atom stereocenters. The molecule has 1 aromatic heterocycles. The lowest BCUT2D eigenvalue weighted by Gasteiger charge is -1.78. The van der Waals surface area contributed by atoms with Crippen LogP contribution in [0.1, 0.15) is 5.56 Å². The Balaban J connectivity index is 3.05. The minimum Gasteiger partial charge on any atom is -0.263 e. The summed E-state index contributed by atoms with van der Waals surface area (Å²) in [7, 11) is 0. The van der Waals surface area contributed by atoms with Crippen molar-refractivity contribution in [1.82, 2.24) is 4.98 Å². The highest BCUT2D eigenvalue weighted by Gasteiger charge is 1.81. The molecule has 1 heterocycles. The third-order valence-electron chi connectivity index (χ3n) is 0.731. The number of hydrogen-bond acceptors (Lipinski definition) is 2. The van der Waals surface area contributed by atoms with E-state index in [0.717, 1.165) is 0 Å². The monoisotopic (exact) mass is 103 g/mol. The van der Waals surface area contributed by atoms with E-state index in [0.29, 0.717) is 5.56 Å². The van der Waals surface area contributed by atoms with E-state index in [1.54, 1.807) is 6.07 Å². The van der Waals surface area contributed by atoms with Gasteiger partial charge in [-0.3, -0.25) is 4.98 Å². The topological polar surface area (TPSA) is 36.7 Å². The van der Waals surface area contributed by atoms with Crippen LogP contribution in [0.25, 0.3) is 0 Å². The summed E-state index contributed by atoms with van der Waals surface area (Å²) < 4.78 is 0. The molecule has 0 aliphatic rings. The minimum atomic E-state index is 0.549. The minimum absolute atomic E-state index is 0.549. The molecule has 0 amide bonds. The first-order valence-corrected chi connectivity index (χ1v) is 2.14. The largest absolute Gasteiger partial charge is 0.263 e. The molecular weight excluding hydrogens is 100 g/mol. The molecule has 0 aromatic carbocycles. The number of nitriles is 1. The summed E-state index contributed by atoms with van der Waals surface area (Å²) in [6.07, 6.45) is 3.01. The molecule has 0 spiro atoms. The molecule has 1 rings (SSSR count). The van der Waals surface area contributed by atoms with Crippen LogP contribution in [0.5, 0.6) is 0 Å². The van der Waals surface area contributed by atoms with E-state index < -0.39 is 0 Å². The van der Waals surface area contributed by atoms with E-state index in [-0.39, 0.29) is 0 Å². The maximum Gasteiger partial charge on any atom is 0.101 e. The Labute approximate surface area is 47.4 Å². The number of aromatic nitrogens is 1. The van der Waals surface area contributed by atoms with Gasteiger partial charge in [-0.15, -0.1) is 0 Å². The van der Waals surface area contributed by atoms with Gasteiger partial charge in [0.1, 0.15) is 6.07 Å². The van der Waals surface area contributed by atoms with Crippen molar-refractivity contribution >= 4 is 0 Å². The van der Waals surface area contributed by atoms with Crippen LogP contribution in [0.4, 0.5) is 0 Å². The second-order valence-corrected chi connectivity index (χ2v) is 1.29. The van der Waals surface area contributed by atoms with Gasteiger partial charge in [-0.1, -0.05) is 0 Å². The van der Waals surface area contributed by atoms with Gasteiger partial charge in [0.15, 0.2) is 0 Å². The van der Waals surface area contributed by atoms with Crippen molar-refractivity contribution < 1.29 is 0 Å². The summed E-state index contributed by atoms with van der Waals surface area (Å²) in [6.45, 7) is 0. The van der Waals surface area contributed by atoms with E-state index in [4.69, 9.17) is 5.26 Å². The fraction of sp³-hybridized carbons (Fsp3) is 0. The van der Waals surface area contributed by atoms with Crippen LogP contribution < -0.4 is 0 Å². The van der Waals surface area contributed by atoms with Gasteiger partial charge in [0.2, 0.25) is 0 Å². The van der Waals surface area contributed by atoms with E-state index in [1.807, 2.05) is 6.07 Å². The standard InChI is InChI=1S/C6H3N2/c7-4-6-2-1-3-8-5-6/h2-3,5H. The first-order valence-electron chi connectivity index (χ1n) is 2.14. The molecule has 0 saturated carbocycles. The van der Waals surface area contributed by atoms with Gasteiger partial charge < -0.3 is 0 Å². The molecular formula is C6H3N2. The normalized spacial score (nSPS) is 7.88. The fourth-order valence-electron chi connectivity index (χ4n) is 0.386. The van der Waals surface area contributed by atoms with Gasteiger partial charge in [0.25, 0.3) is 0 Å². The lowest BCUT2D eigenvalue weighted by molar-refractivity contribution is 1.30. The van der Waals surface area contributed by atoms with Crippen LogP contribution in [0.2, 0.25) is 0 Å². The van der Waals surface area contributed by atoms with Crippen molar-refractivity contribution in [3.63, 3.8) is 0 Å². The Bertz CT molecular complexity index is 198. The molecule has 2 heteroatoms. The van der Waals surface area contributed by atoms with Gasteiger partial charge >= 0.3 is 0 Å². The quantitative estimate of drug-likeness (QED) is 0.486. The summed E-state index contributed by atoms with van der Waals surface area (Å²) in [5, 5.41) is 8.23. The van der Waals surface area contributed by atoms with E-state index in [2.05, 4.69) is 11.1 Å². The summed E-state index contributed by atoms with van der Waals surface area (Å²) in [4.78, 5) is 3.68. The first kappa shape index (κ1) is 4.79. The molecule has 0 bridgehead atoms. The summed E-state index contributed by atoms with van der Waals surface area (Å²) in [5.74, 6) is 0. The second kappa shape index (κ2) is 2.08. The van der Waals surface area contributed by atoms with Gasteiger partial charge in [-0.25, -0.2) is 0 Å². The average Bonchev–Trinajstić information content (AvgIpc) is 1.90. The van der Waals surface area contributed by atoms with Crippen molar-refractivity contribution in [1.29, 1.82) is 5.26 Å². The Morgan fingerprint density at radius 2 is 2.62 bits per heavy atom. The van der Waals surface area contributed by atoms with Gasteiger partial charge in [-0.2, -0.15) is 5.26 Å². The highest BCUT2D eigenvalue weighted by molar-refractivity contribution is 5.23. The van der Waals surface area contributed by atoms with Crippen molar-refractivity contribution in [2.75, 3.05) is 0 Å². The fourth-order valence-corrected chi connectivity index (χ4v) is 0.386. The highest BCUT2D eigenvalue weighted by atomic mass is 14.6. The molecule has 2 nitrogen and oxygen atoms in total. The van der Waals surface area contributed by atoms with Crippen LogP contribution in [0, 0.1) is 17.4 Å². The van der Waals surface area contributed by atoms with Gasteiger partial charge in [-0.05, 0) is 6.07 Å². The second-order valence-electron chi connectivity index (χ2n) is 1.29. The molecule has 0 fully saturated rings. The number of rotatable bonds is 0. The molecule has 1 aromatic rings. The summed E-state index contributed by atoms with van der Waals surface area (Å²) >= 11 is 0. The number of nitrogens with zero attached hydrogens (tertiary/aromatic N) is 2. The third kappa shape index (κ3) is 0.824. The average molecular weight is 103 g/mol. The molecule has 37 valence electrons. The molecule has 0 aliphatic carbocycles. The van der Waals surface area contributed by atoms with Crippen molar-refractivity contribution in [2.24, 2.45) is 0 Å². The van der Waals surface area contributed by atoms with Crippen LogP contribution in [-0.2, 0) is 0 Å². The predicted octanol–water partition coefficient (Wildman–Crippen LogP) is 0.753. The lowest BCUT2D eigenvalue weighted by Crippen LogP contribution is -1.72. The molecule has 1 radical (unpaired) electrons. The molecule has 0 unspecified atom stereocenters. The van der Waals surface area contributed by atoms with Crippen LogP contribution >= 0.6 is 0 Å². The third-order valence-corrected chi connectivity index (χ3v) is 0.731. The van der Waals surface area contributed by atoms with E-state index in [1.165, 1.54) is 12.4 Å². The summed E-state index contributed by atoms with van der Waals surface area (Å²) in [5.41, 5.74) is 0.549. The smallest absolute Gasteiger partial charge is 0.101 e. The lowest BCUT2D eigenvalue weighted by atomic mass is 10.3. The first-order chi connectivity index (χ1) is 3.93. The molecule has 0 aliphatic heterocycles. The van der Waals surface area contributed by atoms with Gasteiger partial charge in [0, 0.05) is 18.5 Å². The maximum atomic E-state index is 8.23. The Morgan fingerprint density at radius 3 is 3.00 bits per heavy atom. The van der Waals surface area contributed by atoms with Gasteiger partial charge in [0.05, 0.1) is 5.56 Å². The van der Waals surface area contributed by atoms with Crippen LogP contribution in [-0.4, -0.2) is 4.98 Å². The van der Waals surface area contributed by atoms with Crippen LogP contribution in [0.15, 0.2) is 18.5 Å². The zero-order valence-electron chi connectivity index (χ0n) is 4.13. The maximum absolute atomic E-state index is 8.23. The SMILES string of the molecule is N#Cc1c[c]cnc1. The Hall–Kier alpha value is -1.36.